The zero-order valence-electron chi connectivity index (χ0n) is 10.1. The van der Waals surface area contributed by atoms with Gasteiger partial charge in [0.05, 0.1) is 25.4 Å². The van der Waals surface area contributed by atoms with Crippen LogP contribution in [0.1, 0.15) is 32.1 Å². The molecule has 0 saturated heterocycles. The quantitative estimate of drug-likeness (QED) is 0.316. The van der Waals surface area contributed by atoms with Crippen LogP contribution in [0.2, 0.25) is 0 Å². The summed E-state index contributed by atoms with van der Waals surface area (Å²) in [6, 6.07) is 0. The molecule has 0 radical (unpaired) electrons. The molecule has 0 fully saturated rings. The van der Waals surface area contributed by atoms with Gasteiger partial charge in [-0.3, -0.25) is 0 Å². The van der Waals surface area contributed by atoms with Crippen LogP contribution in [0, 0.1) is 0 Å². The minimum Gasteiger partial charge on any atom is -0.394 e. The molecule has 2 atom stereocenters. The molecule has 6 heteroatoms. The van der Waals surface area contributed by atoms with E-state index in [9.17, 15) is 0 Å². The lowest BCUT2D eigenvalue weighted by Gasteiger charge is -2.07. The molecule has 0 aliphatic rings. The fourth-order valence-corrected chi connectivity index (χ4v) is 3.49. The molecule has 0 saturated carbocycles. The molecule has 4 N–H and O–H groups in total. The minimum absolute atomic E-state index is 0.139. The summed E-state index contributed by atoms with van der Waals surface area (Å²) >= 11 is 0. The number of aliphatic hydroxyl groups is 4. The Morgan fingerprint density at radius 2 is 1.41 bits per heavy atom. The van der Waals surface area contributed by atoms with E-state index in [2.05, 4.69) is 0 Å². The van der Waals surface area contributed by atoms with Crippen molar-refractivity contribution in [2.45, 2.75) is 44.3 Å². The first kappa shape index (κ1) is 17.5. The fourth-order valence-electron chi connectivity index (χ4n) is 1.22. The Hall–Kier alpha value is 0.540. The largest absolute Gasteiger partial charge is 0.394 e. The van der Waals surface area contributed by atoms with Gasteiger partial charge in [-0.1, -0.05) is 40.9 Å². The highest BCUT2D eigenvalue weighted by molar-refractivity contribution is 8.76. The summed E-state index contributed by atoms with van der Waals surface area (Å²) in [7, 11) is 3.31. The van der Waals surface area contributed by atoms with Gasteiger partial charge < -0.3 is 20.4 Å². The summed E-state index contributed by atoms with van der Waals surface area (Å²) < 4.78 is 0. The highest BCUT2D eigenvalue weighted by Crippen LogP contribution is 2.23. The van der Waals surface area contributed by atoms with Gasteiger partial charge in [-0.05, 0) is 12.8 Å². The van der Waals surface area contributed by atoms with E-state index in [1.165, 1.54) is 0 Å². The molecule has 104 valence electrons. The minimum atomic E-state index is -0.604. The summed E-state index contributed by atoms with van der Waals surface area (Å²) in [6.45, 7) is -0.305. The summed E-state index contributed by atoms with van der Waals surface area (Å²) in [6.07, 6.45) is 3.83. The molecular formula is C11H24O4S2. The average molecular weight is 284 g/mol. The van der Waals surface area contributed by atoms with Crippen molar-refractivity contribution in [1.29, 1.82) is 0 Å². The molecule has 0 aromatic heterocycles. The fraction of sp³-hybridized carbons (Fsp3) is 1.00. The standard InChI is InChI=1S/C11H24O4S2/c12-7-10(14)5-3-1-2-4-6-16-17-9-11(15)8-13/h10-15H,1-9H2. The highest BCUT2D eigenvalue weighted by atomic mass is 33.1. The second-order valence-corrected chi connectivity index (χ2v) is 6.61. The summed E-state index contributed by atoms with van der Waals surface area (Å²) in [5.74, 6) is 1.62. The third-order valence-electron chi connectivity index (χ3n) is 2.28. The Bertz CT molecular complexity index is 144. The maximum Gasteiger partial charge on any atom is 0.0869 e. The van der Waals surface area contributed by atoms with Crippen LogP contribution >= 0.6 is 21.6 Å². The third kappa shape index (κ3) is 12.8. The van der Waals surface area contributed by atoms with Crippen molar-refractivity contribution in [3.63, 3.8) is 0 Å². The van der Waals surface area contributed by atoms with E-state index < -0.39 is 12.2 Å². The van der Waals surface area contributed by atoms with Crippen molar-refractivity contribution in [2.24, 2.45) is 0 Å². The molecule has 0 amide bonds. The van der Waals surface area contributed by atoms with E-state index in [0.717, 1.165) is 31.4 Å². The topological polar surface area (TPSA) is 80.9 Å². The number of aliphatic hydroxyl groups excluding tert-OH is 4. The van der Waals surface area contributed by atoms with Crippen molar-refractivity contribution in [2.75, 3.05) is 24.7 Å². The molecule has 0 aromatic carbocycles. The Morgan fingerprint density at radius 3 is 2.06 bits per heavy atom. The molecule has 0 heterocycles. The summed E-state index contributed by atoms with van der Waals surface area (Å²) in [5.41, 5.74) is 0. The predicted octanol–water partition coefficient (Wildman–Crippen LogP) is 1.02. The van der Waals surface area contributed by atoms with Gasteiger partial charge in [-0.2, -0.15) is 0 Å². The second kappa shape index (κ2) is 13.0. The van der Waals surface area contributed by atoms with Gasteiger partial charge in [0.25, 0.3) is 0 Å². The van der Waals surface area contributed by atoms with E-state index in [1.807, 2.05) is 0 Å². The van der Waals surface area contributed by atoms with E-state index in [4.69, 9.17) is 20.4 Å². The number of hydrogen-bond donors (Lipinski definition) is 4. The SMILES string of the molecule is OCC(O)CCCCCCSSCC(O)CO. The van der Waals surface area contributed by atoms with Gasteiger partial charge in [0, 0.05) is 11.5 Å². The van der Waals surface area contributed by atoms with Gasteiger partial charge >= 0.3 is 0 Å². The molecule has 2 unspecified atom stereocenters. The van der Waals surface area contributed by atoms with Gasteiger partial charge in [0.15, 0.2) is 0 Å². The van der Waals surface area contributed by atoms with Crippen LogP contribution in [0.5, 0.6) is 0 Å². The van der Waals surface area contributed by atoms with E-state index in [-0.39, 0.29) is 13.2 Å². The molecule has 0 aliphatic carbocycles. The first-order valence-corrected chi connectivity index (χ1v) is 8.51. The molecule has 0 aromatic rings. The van der Waals surface area contributed by atoms with Gasteiger partial charge in [-0.25, -0.2) is 0 Å². The van der Waals surface area contributed by atoms with Gasteiger partial charge in [0.1, 0.15) is 0 Å². The van der Waals surface area contributed by atoms with Crippen LogP contribution in [0.25, 0.3) is 0 Å². The van der Waals surface area contributed by atoms with Crippen LogP contribution in [0.4, 0.5) is 0 Å². The molecule has 0 aliphatic heterocycles. The molecule has 17 heavy (non-hydrogen) atoms. The van der Waals surface area contributed by atoms with Gasteiger partial charge in [-0.15, -0.1) is 0 Å². The van der Waals surface area contributed by atoms with Crippen LogP contribution in [0.3, 0.4) is 0 Å². The second-order valence-electron chi connectivity index (χ2n) is 3.98. The first-order valence-electron chi connectivity index (χ1n) is 6.03. The van der Waals surface area contributed by atoms with Crippen molar-refractivity contribution < 1.29 is 20.4 Å². The van der Waals surface area contributed by atoms with Crippen molar-refractivity contribution in [3.05, 3.63) is 0 Å². The molecule has 4 nitrogen and oxygen atoms in total. The number of unbranched alkanes of at least 4 members (excludes halogenated alkanes) is 3. The molecular weight excluding hydrogens is 260 g/mol. The maximum absolute atomic E-state index is 9.10. The Kier molecular flexibility index (Phi) is 13.4. The van der Waals surface area contributed by atoms with E-state index in [0.29, 0.717) is 12.2 Å². The number of rotatable bonds is 12. The molecule has 0 spiro atoms. The van der Waals surface area contributed by atoms with Gasteiger partial charge in [0.2, 0.25) is 0 Å². The third-order valence-corrected chi connectivity index (χ3v) is 4.83. The highest BCUT2D eigenvalue weighted by Gasteiger charge is 2.02. The normalized spacial score (nSPS) is 14.8. The average Bonchev–Trinajstić information content (AvgIpc) is 2.35. The zero-order valence-corrected chi connectivity index (χ0v) is 11.8. The summed E-state index contributed by atoms with van der Waals surface area (Å²) in [5, 5.41) is 35.4. The predicted molar refractivity (Wildman–Crippen MR) is 74.2 cm³/mol. The van der Waals surface area contributed by atoms with Crippen LogP contribution < -0.4 is 0 Å². The lowest BCUT2D eigenvalue weighted by atomic mass is 10.1. The lowest BCUT2D eigenvalue weighted by Crippen LogP contribution is -2.13. The zero-order chi connectivity index (χ0) is 12.9. The molecule has 0 rings (SSSR count). The first-order chi connectivity index (χ1) is 8.20. The number of hydrogen-bond acceptors (Lipinski definition) is 6. The molecule has 0 bridgehead atoms. The van der Waals surface area contributed by atoms with Crippen LogP contribution in [-0.4, -0.2) is 57.4 Å². The van der Waals surface area contributed by atoms with Crippen molar-refractivity contribution in [1.82, 2.24) is 0 Å². The Balaban J connectivity index is 3.04. The van der Waals surface area contributed by atoms with Crippen LogP contribution in [0.15, 0.2) is 0 Å². The maximum atomic E-state index is 9.10. The van der Waals surface area contributed by atoms with Crippen LogP contribution in [-0.2, 0) is 0 Å². The van der Waals surface area contributed by atoms with E-state index >= 15 is 0 Å². The van der Waals surface area contributed by atoms with E-state index in [1.54, 1.807) is 21.6 Å². The lowest BCUT2D eigenvalue weighted by molar-refractivity contribution is 0.0860. The Labute approximate surface area is 111 Å². The monoisotopic (exact) mass is 284 g/mol. The van der Waals surface area contributed by atoms with Crippen molar-refractivity contribution >= 4 is 21.6 Å². The summed E-state index contributed by atoms with van der Waals surface area (Å²) in [4.78, 5) is 0. The Morgan fingerprint density at radius 1 is 0.765 bits per heavy atom. The smallest absolute Gasteiger partial charge is 0.0869 e. The van der Waals surface area contributed by atoms with Crippen molar-refractivity contribution in [3.8, 4) is 0 Å².